The van der Waals surface area contributed by atoms with Crippen molar-refractivity contribution in [2.75, 3.05) is 5.75 Å². The highest BCUT2D eigenvalue weighted by atomic mass is 32.2. The largest absolute Gasteiger partial charge is 0.410 e. The van der Waals surface area contributed by atoms with Crippen LogP contribution < -0.4 is 5.32 Å². The third-order valence-electron chi connectivity index (χ3n) is 4.88. The molecule has 0 aliphatic heterocycles. The Kier molecular flexibility index (Phi) is 5.78. The number of thiazole rings is 1. The molecule has 136 valence electrons. The second-order valence-corrected chi connectivity index (χ2v) is 8.88. The van der Waals surface area contributed by atoms with Crippen LogP contribution in [0.1, 0.15) is 43.8 Å². The van der Waals surface area contributed by atoms with Gasteiger partial charge in [0.1, 0.15) is 4.88 Å². The van der Waals surface area contributed by atoms with Gasteiger partial charge in [-0.2, -0.15) is 0 Å². The molecule has 0 radical (unpaired) electrons. The average molecular weight is 381 g/mol. The standard InChI is InChI=1S/C17H24N4O2S2/c1-9-6-5-7-13(10(9)2)19-14(22)8-24-17-21-20-16(23-17)15-11(3)18-12(4)25-15/h9-10,13H,5-8H2,1-4H3,(H,19,22). The molecule has 1 fully saturated rings. The Bertz CT molecular complexity index is 743. The molecule has 1 aliphatic carbocycles. The van der Waals surface area contributed by atoms with E-state index in [0.29, 0.717) is 28.7 Å². The second kappa shape index (κ2) is 7.86. The fourth-order valence-electron chi connectivity index (χ4n) is 3.25. The minimum absolute atomic E-state index is 0.0283. The Balaban J connectivity index is 1.53. The van der Waals surface area contributed by atoms with Crippen LogP contribution in [0.2, 0.25) is 0 Å². The normalized spacial score (nSPS) is 23.6. The highest BCUT2D eigenvalue weighted by molar-refractivity contribution is 7.99. The van der Waals surface area contributed by atoms with Gasteiger partial charge in [-0.15, -0.1) is 21.5 Å². The van der Waals surface area contributed by atoms with Gasteiger partial charge in [-0.25, -0.2) is 4.98 Å². The molecule has 2 aromatic heterocycles. The van der Waals surface area contributed by atoms with E-state index in [0.717, 1.165) is 22.0 Å². The SMILES string of the molecule is Cc1nc(C)c(-c2nnc(SCC(=O)NC3CCCC(C)C3C)o2)s1. The highest BCUT2D eigenvalue weighted by Gasteiger charge is 2.28. The zero-order chi connectivity index (χ0) is 18.0. The number of hydrogen-bond acceptors (Lipinski definition) is 7. The van der Waals surface area contributed by atoms with Gasteiger partial charge in [-0.3, -0.25) is 4.79 Å². The number of nitrogens with zero attached hydrogens (tertiary/aromatic N) is 3. The van der Waals surface area contributed by atoms with Crippen LogP contribution in [0.3, 0.4) is 0 Å². The predicted octanol–water partition coefficient (Wildman–Crippen LogP) is 3.84. The van der Waals surface area contributed by atoms with E-state index in [1.807, 2.05) is 13.8 Å². The average Bonchev–Trinajstić information content (AvgIpc) is 3.16. The van der Waals surface area contributed by atoms with E-state index in [-0.39, 0.29) is 11.9 Å². The molecule has 6 nitrogen and oxygen atoms in total. The molecule has 3 atom stereocenters. The molecule has 8 heteroatoms. The maximum Gasteiger partial charge on any atom is 0.277 e. The summed E-state index contributed by atoms with van der Waals surface area (Å²) in [5, 5.41) is 12.7. The summed E-state index contributed by atoms with van der Waals surface area (Å²) >= 11 is 2.81. The van der Waals surface area contributed by atoms with Gasteiger partial charge in [0.2, 0.25) is 5.91 Å². The van der Waals surface area contributed by atoms with Crippen molar-refractivity contribution in [2.24, 2.45) is 11.8 Å². The molecule has 1 amide bonds. The van der Waals surface area contributed by atoms with E-state index < -0.39 is 0 Å². The minimum atomic E-state index is 0.0283. The quantitative estimate of drug-likeness (QED) is 0.794. The summed E-state index contributed by atoms with van der Waals surface area (Å²) in [6.07, 6.45) is 3.50. The van der Waals surface area contributed by atoms with Crippen molar-refractivity contribution >= 4 is 29.0 Å². The number of carbonyl (C=O) groups excluding carboxylic acids is 1. The molecule has 1 N–H and O–H groups in total. The predicted molar refractivity (Wildman–Crippen MR) is 99.7 cm³/mol. The molecule has 25 heavy (non-hydrogen) atoms. The first-order valence-corrected chi connectivity index (χ1v) is 10.4. The van der Waals surface area contributed by atoms with Gasteiger partial charge in [0.25, 0.3) is 11.1 Å². The Hall–Kier alpha value is -1.41. The Morgan fingerprint density at radius 1 is 1.32 bits per heavy atom. The molecular formula is C17H24N4O2S2. The highest BCUT2D eigenvalue weighted by Crippen LogP contribution is 2.31. The fourth-order valence-corrected chi connectivity index (χ4v) is 4.67. The first-order valence-electron chi connectivity index (χ1n) is 8.64. The van der Waals surface area contributed by atoms with Gasteiger partial charge in [0.15, 0.2) is 0 Å². The lowest BCUT2D eigenvalue weighted by molar-refractivity contribution is -0.120. The molecule has 2 aromatic rings. The van der Waals surface area contributed by atoms with Crippen molar-refractivity contribution in [3.8, 4) is 10.8 Å². The van der Waals surface area contributed by atoms with Crippen molar-refractivity contribution in [1.29, 1.82) is 0 Å². The van der Waals surface area contributed by atoms with E-state index in [9.17, 15) is 4.79 Å². The van der Waals surface area contributed by atoms with E-state index >= 15 is 0 Å². The molecule has 1 saturated carbocycles. The fraction of sp³-hybridized carbons (Fsp3) is 0.647. The number of aryl methyl sites for hydroxylation is 2. The number of thioether (sulfide) groups is 1. The summed E-state index contributed by atoms with van der Waals surface area (Å²) in [5.41, 5.74) is 0.890. The molecule has 2 heterocycles. The lowest BCUT2D eigenvalue weighted by Gasteiger charge is -2.34. The molecule has 0 bridgehead atoms. The number of rotatable bonds is 5. The molecule has 3 unspecified atom stereocenters. The summed E-state index contributed by atoms with van der Waals surface area (Å²) < 4.78 is 5.67. The van der Waals surface area contributed by atoms with Crippen molar-refractivity contribution in [3.05, 3.63) is 10.7 Å². The second-order valence-electron chi connectivity index (χ2n) is 6.75. The summed E-state index contributed by atoms with van der Waals surface area (Å²) in [6, 6.07) is 0.276. The topological polar surface area (TPSA) is 80.9 Å². The number of carbonyl (C=O) groups is 1. The first kappa shape index (κ1) is 18.4. The van der Waals surface area contributed by atoms with E-state index in [2.05, 4.69) is 34.3 Å². The number of amides is 1. The molecule has 0 spiro atoms. The molecule has 3 rings (SSSR count). The summed E-state index contributed by atoms with van der Waals surface area (Å²) in [6.45, 7) is 8.37. The van der Waals surface area contributed by atoms with Gasteiger partial charge in [-0.1, -0.05) is 38.5 Å². The van der Waals surface area contributed by atoms with Gasteiger partial charge in [-0.05, 0) is 32.1 Å². The molecule has 0 aromatic carbocycles. The van der Waals surface area contributed by atoms with Crippen LogP contribution in [0.4, 0.5) is 0 Å². The molecule has 1 aliphatic rings. The monoisotopic (exact) mass is 380 g/mol. The third kappa shape index (κ3) is 4.41. The first-order chi connectivity index (χ1) is 11.9. The minimum Gasteiger partial charge on any atom is -0.410 e. The number of aromatic nitrogens is 3. The van der Waals surface area contributed by atoms with E-state index in [1.165, 1.54) is 35.9 Å². The Labute approximate surface area is 156 Å². The van der Waals surface area contributed by atoms with Crippen LogP contribution in [-0.2, 0) is 4.79 Å². The summed E-state index contributed by atoms with van der Waals surface area (Å²) in [4.78, 5) is 17.5. The van der Waals surface area contributed by atoms with Gasteiger partial charge >= 0.3 is 0 Å². The van der Waals surface area contributed by atoms with Crippen molar-refractivity contribution < 1.29 is 9.21 Å². The lowest BCUT2D eigenvalue weighted by atomic mass is 9.78. The van der Waals surface area contributed by atoms with Crippen molar-refractivity contribution in [1.82, 2.24) is 20.5 Å². The molecular weight excluding hydrogens is 356 g/mol. The Morgan fingerprint density at radius 3 is 2.84 bits per heavy atom. The lowest BCUT2D eigenvalue weighted by Crippen LogP contribution is -2.44. The van der Waals surface area contributed by atoms with Gasteiger partial charge in [0, 0.05) is 6.04 Å². The Morgan fingerprint density at radius 2 is 2.12 bits per heavy atom. The van der Waals surface area contributed by atoms with Gasteiger partial charge < -0.3 is 9.73 Å². The van der Waals surface area contributed by atoms with Crippen LogP contribution in [0.25, 0.3) is 10.8 Å². The van der Waals surface area contributed by atoms with Crippen molar-refractivity contribution in [2.45, 2.75) is 58.2 Å². The maximum absolute atomic E-state index is 12.2. The maximum atomic E-state index is 12.2. The zero-order valence-electron chi connectivity index (χ0n) is 15.0. The van der Waals surface area contributed by atoms with E-state index in [4.69, 9.17) is 4.42 Å². The number of nitrogens with one attached hydrogen (secondary N) is 1. The van der Waals surface area contributed by atoms with Crippen LogP contribution in [0, 0.1) is 25.7 Å². The molecule has 0 saturated heterocycles. The summed E-state index contributed by atoms with van der Waals surface area (Å²) in [5.74, 6) is 1.98. The zero-order valence-corrected chi connectivity index (χ0v) is 16.7. The van der Waals surface area contributed by atoms with Gasteiger partial charge in [0.05, 0.1) is 16.5 Å². The van der Waals surface area contributed by atoms with Crippen LogP contribution in [0.5, 0.6) is 0 Å². The number of hydrogen-bond donors (Lipinski definition) is 1. The third-order valence-corrected chi connectivity index (χ3v) is 6.76. The van der Waals surface area contributed by atoms with E-state index in [1.54, 1.807) is 0 Å². The van der Waals surface area contributed by atoms with Crippen LogP contribution >= 0.6 is 23.1 Å². The van der Waals surface area contributed by atoms with Crippen molar-refractivity contribution in [3.63, 3.8) is 0 Å². The van der Waals surface area contributed by atoms with Crippen LogP contribution in [0.15, 0.2) is 9.64 Å². The summed E-state index contributed by atoms with van der Waals surface area (Å²) in [7, 11) is 0. The van der Waals surface area contributed by atoms with Crippen LogP contribution in [-0.4, -0.2) is 32.9 Å². The smallest absolute Gasteiger partial charge is 0.277 e.